The van der Waals surface area contributed by atoms with E-state index in [0.29, 0.717) is 13.2 Å². The summed E-state index contributed by atoms with van der Waals surface area (Å²) in [6, 6.07) is 9.81. The summed E-state index contributed by atoms with van der Waals surface area (Å²) in [5, 5.41) is 0. The minimum atomic E-state index is -0.511. The average Bonchev–Trinajstić information content (AvgIpc) is 2.35. The molecule has 0 N–H and O–H groups in total. The lowest BCUT2D eigenvalue weighted by Gasteiger charge is -2.06. The Kier molecular flexibility index (Phi) is 5.84. The number of ether oxygens (including phenoxy) is 2. The van der Waals surface area contributed by atoms with Gasteiger partial charge in [0.1, 0.15) is 6.10 Å². The lowest BCUT2D eigenvalue weighted by molar-refractivity contribution is -0.136. The van der Waals surface area contributed by atoms with Crippen molar-refractivity contribution in [1.29, 1.82) is 0 Å². The van der Waals surface area contributed by atoms with Gasteiger partial charge in [0.15, 0.2) is 0 Å². The highest BCUT2D eigenvalue weighted by atomic mass is 16.5. The Labute approximate surface area is 102 Å². The van der Waals surface area contributed by atoms with Gasteiger partial charge in [-0.25, -0.2) is 4.79 Å². The van der Waals surface area contributed by atoms with Crippen LogP contribution in [0.25, 0.3) is 0 Å². The fourth-order valence-corrected chi connectivity index (χ4v) is 1.16. The number of hydrogen-bond donors (Lipinski definition) is 0. The maximum atomic E-state index is 11.0. The largest absolute Gasteiger partial charge is 0.456 e. The number of carbonyl (C=O) groups excluding carboxylic acids is 1. The lowest BCUT2D eigenvalue weighted by atomic mass is 10.2. The van der Waals surface area contributed by atoms with Crippen molar-refractivity contribution in [1.82, 2.24) is 0 Å². The summed E-state index contributed by atoms with van der Waals surface area (Å²) in [4.78, 5) is 11.0. The summed E-state index contributed by atoms with van der Waals surface area (Å²) < 4.78 is 10.2. The van der Waals surface area contributed by atoms with Gasteiger partial charge in [-0.05, 0) is 19.4 Å². The van der Waals surface area contributed by atoms with Gasteiger partial charge in [0.05, 0.1) is 13.2 Å². The predicted molar refractivity (Wildman–Crippen MR) is 65.1 cm³/mol. The standard InChI is InChI=1S/C14H16O3/c1-3-16-14(15)10-9-12(2)17-11-13-7-5-4-6-8-13/h4-8,12H,3,11H2,1-2H3. The van der Waals surface area contributed by atoms with Gasteiger partial charge in [0.25, 0.3) is 0 Å². The molecule has 0 bridgehead atoms. The number of carbonyl (C=O) groups is 1. The van der Waals surface area contributed by atoms with E-state index in [1.807, 2.05) is 30.3 Å². The summed E-state index contributed by atoms with van der Waals surface area (Å²) >= 11 is 0. The van der Waals surface area contributed by atoms with Crippen molar-refractivity contribution in [2.75, 3.05) is 6.61 Å². The van der Waals surface area contributed by atoms with Crippen LogP contribution in [0.15, 0.2) is 30.3 Å². The smallest absolute Gasteiger partial charge is 0.384 e. The number of hydrogen-bond acceptors (Lipinski definition) is 3. The molecule has 0 radical (unpaired) electrons. The van der Waals surface area contributed by atoms with Crippen molar-refractivity contribution in [3.05, 3.63) is 35.9 Å². The third-order valence-electron chi connectivity index (χ3n) is 2.00. The molecule has 0 saturated heterocycles. The minimum Gasteiger partial charge on any atom is -0.456 e. The summed E-state index contributed by atoms with van der Waals surface area (Å²) in [6.07, 6.45) is -0.292. The Hall–Kier alpha value is -1.79. The molecule has 1 unspecified atom stereocenters. The molecule has 0 fully saturated rings. The molecular weight excluding hydrogens is 216 g/mol. The van der Waals surface area contributed by atoms with E-state index in [4.69, 9.17) is 4.74 Å². The van der Waals surface area contributed by atoms with Gasteiger partial charge in [-0.1, -0.05) is 36.3 Å². The van der Waals surface area contributed by atoms with E-state index in [1.54, 1.807) is 13.8 Å². The molecule has 0 spiro atoms. The van der Waals surface area contributed by atoms with Crippen molar-refractivity contribution in [3.63, 3.8) is 0 Å². The van der Waals surface area contributed by atoms with Gasteiger partial charge in [0, 0.05) is 5.92 Å². The van der Waals surface area contributed by atoms with Crippen LogP contribution in [0.2, 0.25) is 0 Å². The third-order valence-corrected chi connectivity index (χ3v) is 2.00. The fraction of sp³-hybridized carbons (Fsp3) is 0.357. The predicted octanol–water partition coefficient (Wildman–Crippen LogP) is 2.16. The zero-order chi connectivity index (χ0) is 12.5. The Morgan fingerprint density at radius 2 is 2.06 bits per heavy atom. The highest BCUT2D eigenvalue weighted by Crippen LogP contribution is 2.02. The zero-order valence-corrected chi connectivity index (χ0v) is 10.1. The molecule has 90 valence electrons. The quantitative estimate of drug-likeness (QED) is 0.453. The molecule has 0 aromatic heterocycles. The SMILES string of the molecule is CCOC(=O)C#CC(C)OCc1ccccc1. The van der Waals surface area contributed by atoms with E-state index in [1.165, 1.54) is 0 Å². The number of rotatable bonds is 4. The molecule has 0 saturated carbocycles. The molecule has 17 heavy (non-hydrogen) atoms. The lowest BCUT2D eigenvalue weighted by Crippen LogP contribution is -2.07. The molecule has 1 atom stereocenters. The molecule has 3 heteroatoms. The summed E-state index contributed by atoms with van der Waals surface area (Å²) in [6.45, 7) is 4.37. The van der Waals surface area contributed by atoms with Gasteiger partial charge in [-0.3, -0.25) is 0 Å². The van der Waals surface area contributed by atoms with Gasteiger partial charge in [-0.15, -0.1) is 0 Å². The van der Waals surface area contributed by atoms with Crippen LogP contribution in [0.5, 0.6) is 0 Å². The van der Waals surface area contributed by atoms with Gasteiger partial charge < -0.3 is 9.47 Å². The van der Waals surface area contributed by atoms with Gasteiger partial charge in [0.2, 0.25) is 0 Å². The summed E-state index contributed by atoms with van der Waals surface area (Å²) in [7, 11) is 0. The second-order valence-corrected chi connectivity index (χ2v) is 3.43. The first-order chi connectivity index (χ1) is 8.22. The van der Waals surface area contributed by atoms with Crippen LogP contribution in [0.4, 0.5) is 0 Å². The molecule has 0 aliphatic carbocycles. The highest BCUT2D eigenvalue weighted by Gasteiger charge is 1.99. The molecule has 0 aliphatic heterocycles. The van der Waals surface area contributed by atoms with E-state index < -0.39 is 5.97 Å². The molecule has 0 amide bonds. The Morgan fingerprint density at radius 1 is 1.35 bits per heavy atom. The Morgan fingerprint density at radius 3 is 2.71 bits per heavy atom. The minimum absolute atomic E-state index is 0.292. The molecule has 1 rings (SSSR count). The van der Waals surface area contributed by atoms with Crippen molar-refractivity contribution >= 4 is 5.97 Å². The van der Waals surface area contributed by atoms with Crippen molar-refractivity contribution in [2.45, 2.75) is 26.6 Å². The molecule has 0 aliphatic rings. The van der Waals surface area contributed by atoms with Gasteiger partial charge in [-0.2, -0.15) is 0 Å². The van der Waals surface area contributed by atoms with Crippen LogP contribution in [0, 0.1) is 11.8 Å². The maximum Gasteiger partial charge on any atom is 0.384 e. The number of benzene rings is 1. The second-order valence-electron chi connectivity index (χ2n) is 3.43. The summed E-state index contributed by atoms with van der Waals surface area (Å²) in [5.41, 5.74) is 1.08. The van der Waals surface area contributed by atoms with Crippen LogP contribution in [-0.2, 0) is 20.9 Å². The van der Waals surface area contributed by atoms with Crippen molar-refractivity contribution < 1.29 is 14.3 Å². The van der Waals surface area contributed by atoms with Crippen molar-refractivity contribution in [3.8, 4) is 11.8 Å². The zero-order valence-electron chi connectivity index (χ0n) is 10.1. The first-order valence-corrected chi connectivity index (χ1v) is 5.56. The van der Waals surface area contributed by atoms with E-state index in [-0.39, 0.29) is 6.10 Å². The monoisotopic (exact) mass is 232 g/mol. The molecule has 1 aromatic rings. The number of esters is 1. The highest BCUT2D eigenvalue weighted by molar-refractivity contribution is 5.88. The van der Waals surface area contributed by atoms with Gasteiger partial charge >= 0.3 is 5.97 Å². The van der Waals surface area contributed by atoms with Crippen LogP contribution in [0.1, 0.15) is 19.4 Å². The van der Waals surface area contributed by atoms with Crippen LogP contribution < -0.4 is 0 Å². The third kappa shape index (κ3) is 5.74. The normalized spacial score (nSPS) is 11.2. The molecule has 1 aromatic carbocycles. The second kappa shape index (κ2) is 7.48. The maximum absolute atomic E-state index is 11.0. The first-order valence-electron chi connectivity index (χ1n) is 5.56. The summed E-state index contributed by atoms with van der Waals surface area (Å²) in [5.74, 6) is 4.56. The van der Waals surface area contributed by atoms with E-state index in [2.05, 4.69) is 16.6 Å². The van der Waals surface area contributed by atoms with E-state index >= 15 is 0 Å². The van der Waals surface area contributed by atoms with Crippen LogP contribution in [-0.4, -0.2) is 18.7 Å². The van der Waals surface area contributed by atoms with Crippen molar-refractivity contribution in [2.24, 2.45) is 0 Å². The van der Waals surface area contributed by atoms with Crippen LogP contribution in [0.3, 0.4) is 0 Å². The fourth-order valence-electron chi connectivity index (χ4n) is 1.16. The molecule has 0 heterocycles. The first kappa shape index (κ1) is 13.3. The van der Waals surface area contributed by atoms with E-state index in [0.717, 1.165) is 5.56 Å². The van der Waals surface area contributed by atoms with Crippen LogP contribution >= 0.6 is 0 Å². The van der Waals surface area contributed by atoms with E-state index in [9.17, 15) is 4.79 Å². The average molecular weight is 232 g/mol. The topological polar surface area (TPSA) is 35.5 Å². The molecule has 3 nitrogen and oxygen atoms in total. The Bertz CT molecular complexity index is 400. The Balaban J connectivity index is 2.35. The molecular formula is C14H16O3.